The molecule has 1 aromatic rings. The number of amides is 3. The van der Waals surface area contributed by atoms with Gasteiger partial charge in [-0.05, 0) is 37.9 Å². The summed E-state index contributed by atoms with van der Waals surface area (Å²) in [7, 11) is 0. The Morgan fingerprint density at radius 2 is 1.82 bits per heavy atom. The maximum atomic E-state index is 12.6. The number of nitrogens with one attached hydrogen (secondary N) is 1. The molecule has 3 amide bonds. The highest BCUT2D eigenvalue weighted by atomic mass is 16.5. The molecule has 2 aliphatic rings. The van der Waals surface area contributed by atoms with Crippen LogP contribution in [0.5, 0.6) is 0 Å². The Kier molecular flexibility index (Phi) is 7.62. The van der Waals surface area contributed by atoms with E-state index in [1.54, 1.807) is 6.20 Å². The Bertz CT molecular complexity index is 655. The van der Waals surface area contributed by atoms with Crippen LogP contribution in [0.4, 0.5) is 4.79 Å². The van der Waals surface area contributed by atoms with Crippen molar-refractivity contribution in [3.63, 3.8) is 0 Å². The van der Waals surface area contributed by atoms with Crippen LogP contribution in [0.2, 0.25) is 0 Å². The van der Waals surface area contributed by atoms with Crippen LogP contribution < -0.4 is 5.32 Å². The highest BCUT2D eigenvalue weighted by Crippen LogP contribution is 2.11. The lowest BCUT2D eigenvalue weighted by atomic mass is 10.1. The molecule has 154 valence electrons. The number of pyridine rings is 1. The normalized spacial score (nSPS) is 18.2. The van der Waals surface area contributed by atoms with Crippen LogP contribution >= 0.6 is 0 Å². The van der Waals surface area contributed by atoms with E-state index in [0.717, 1.165) is 51.1 Å². The first kappa shape index (κ1) is 20.5. The molecule has 0 unspecified atom stereocenters. The van der Waals surface area contributed by atoms with Crippen LogP contribution in [0, 0.1) is 0 Å². The molecule has 0 bridgehead atoms. The fraction of sp³-hybridized carbons (Fsp3) is 0.650. The molecule has 2 saturated heterocycles. The van der Waals surface area contributed by atoms with Crippen LogP contribution in [0.25, 0.3) is 0 Å². The van der Waals surface area contributed by atoms with Crippen molar-refractivity contribution in [2.45, 2.75) is 19.8 Å². The highest BCUT2D eigenvalue weighted by molar-refractivity contribution is 5.94. The van der Waals surface area contributed by atoms with Gasteiger partial charge in [0.2, 0.25) is 0 Å². The molecule has 0 radical (unpaired) electrons. The van der Waals surface area contributed by atoms with Gasteiger partial charge in [-0.25, -0.2) is 4.79 Å². The van der Waals surface area contributed by atoms with Crippen molar-refractivity contribution < 1.29 is 14.3 Å². The van der Waals surface area contributed by atoms with Gasteiger partial charge in [-0.15, -0.1) is 0 Å². The summed E-state index contributed by atoms with van der Waals surface area (Å²) in [6, 6.07) is 2.01. The minimum atomic E-state index is 0.0370. The SMILES string of the molecule is CCNC(=O)N1CCN(CCCc2cncc(C(=O)N3CCOCC3)c2)CC1. The Labute approximate surface area is 166 Å². The van der Waals surface area contributed by atoms with Gasteiger partial charge in [0.1, 0.15) is 0 Å². The minimum Gasteiger partial charge on any atom is -0.378 e. The van der Waals surface area contributed by atoms with Crippen LogP contribution in [0.3, 0.4) is 0 Å². The number of hydrogen-bond donors (Lipinski definition) is 1. The lowest BCUT2D eigenvalue weighted by Crippen LogP contribution is -2.51. The quantitative estimate of drug-likeness (QED) is 0.780. The molecular formula is C20H31N5O3. The first-order chi connectivity index (χ1) is 13.7. The zero-order chi connectivity index (χ0) is 19.8. The predicted molar refractivity (Wildman–Crippen MR) is 106 cm³/mol. The van der Waals surface area contributed by atoms with E-state index in [1.807, 2.05) is 29.0 Å². The number of urea groups is 1. The zero-order valence-electron chi connectivity index (χ0n) is 16.7. The van der Waals surface area contributed by atoms with Gasteiger partial charge in [0.05, 0.1) is 18.8 Å². The van der Waals surface area contributed by atoms with Gasteiger partial charge in [0.15, 0.2) is 0 Å². The average molecular weight is 390 g/mol. The van der Waals surface area contributed by atoms with Crippen molar-refractivity contribution in [1.82, 2.24) is 25.0 Å². The third-order valence-electron chi connectivity index (χ3n) is 5.27. The number of hydrogen-bond acceptors (Lipinski definition) is 5. The molecule has 2 fully saturated rings. The fourth-order valence-electron chi connectivity index (χ4n) is 3.63. The number of nitrogens with zero attached hydrogens (tertiary/aromatic N) is 4. The van der Waals surface area contributed by atoms with Crippen LogP contribution in [-0.2, 0) is 11.2 Å². The molecule has 1 aromatic heterocycles. The Morgan fingerprint density at radius 1 is 1.07 bits per heavy atom. The summed E-state index contributed by atoms with van der Waals surface area (Å²) in [6.45, 7) is 9.45. The van der Waals surface area contributed by atoms with Crippen molar-refractivity contribution in [3.05, 3.63) is 29.6 Å². The van der Waals surface area contributed by atoms with Crippen LogP contribution in [0.1, 0.15) is 29.3 Å². The van der Waals surface area contributed by atoms with Gasteiger partial charge < -0.3 is 19.9 Å². The van der Waals surface area contributed by atoms with Gasteiger partial charge in [0.25, 0.3) is 5.91 Å². The lowest BCUT2D eigenvalue weighted by Gasteiger charge is -2.34. The van der Waals surface area contributed by atoms with E-state index >= 15 is 0 Å². The summed E-state index contributed by atoms with van der Waals surface area (Å²) in [5, 5.41) is 2.86. The number of carbonyl (C=O) groups excluding carboxylic acids is 2. The number of ether oxygens (including phenoxy) is 1. The highest BCUT2D eigenvalue weighted by Gasteiger charge is 2.21. The van der Waals surface area contributed by atoms with Gasteiger partial charge in [-0.3, -0.25) is 14.7 Å². The average Bonchev–Trinajstić information content (AvgIpc) is 2.75. The Morgan fingerprint density at radius 3 is 2.54 bits per heavy atom. The number of aromatic nitrogens is 1. The molecule has 0 saturated carbocycles. The summed E-state index contributed by atoms with van der Waals surface area (Å²) < 4.78 is 5.31. The number of aryl methyl sites for hydroxylation is 1. The number of carbonyl (C=O) groups is 2. The van der Waals surface area contributed by atoms with Crippen molar-refractivity contribution >= 4 is 11.9 Å². The van der Waals surface area contributed by atoms with E-state index in [9.17, 15) is 9.59 Å². The first-order valence-electron chi connectivity index (χ1n) is 10.2. The molecule has 2 aliphatic heterocycles. The molecule has 8 heteroatoms. The maximum absolute atomic E-state index is 12.6. The maximum Gasteiger partial charge on any atom is 0.317 e. The van der Waals surface area contributed by atoms with Gasteiger partial charge >= 0.3 is 6.03 Å². The number of rotatable bonds is 6. The van der Waals surface area contributed by atoms with Gasteiger partial charge in [-0.2, -0.15) is 0 Å². The fourth-order valence-corrected chi connectivity index (χ4v) is 3.63. The second kappa shape index (κ2) is 10.4. The van der Waals surface area contributed by atoms with E-state index in [-0.39, 0.29) is 11.9 Å². The van der Waals surface area contributed by atoms with Gasteiger partial charge in [-0.1, -0.05) is 0 Å². The smallest absolute Gasteiger partial charge is 0.317 e. The Hall–Kier alpha value is -2.19. The molecule has 8 nitrogen and oxygen atoms in total. The zero-order valence-corrected chi connectivity index (χ0v) is 16.7. The van der Waals surface area contributed by atoms with Crippen molar-refractivity contribution in [2.75, 3.05) is 65.6 Å². The van der Waals surface area contributed by atoms with Crippen LogP contribution in [-0.4, -0.2) is 97.2 Å². The van der Waals surface area contributed by atoms with E-state index in [4.69, 9.17) is 4.74 Å². The summed E-state index contributed by atoms with van der Waals surface area (Å²) in [6.07, 6.45) is 5.41. The Balaban J connectivity index is 1.42. The van der Waals surface area contributed by atoms with E-state index < -0.39 is 0 Å². The molecule has 0 spiro atoms. The third-order valence-corrected chi connectivity index (χ3v) is 5.27. The van der Waals surface area contributed by atoms with E-state index in [1.165, 1.54) is 0 Å². The van der Waals surface area contributed by atoms with Crippen molar-refractivity contribution in [2.24, 2.45) is 0 Å². The monoisotopic (exact) mass is 389 g/mol. The summed E-state index contributed by atoms with van der Waals surface area (Å²) >= 11 is 0. The second-order valence-electron chi connectivity index (χ2n) is 7.25. The minimum absolute atomic E-state index is 0.0370. The largest absolute Gasteiger partial charge is 0.378 e. The summed E-state index contributed by atoms with van der Waals surface area (Å²) in [5.41, 5.74) is 1.76. The molecular weight excluding hydrogens is 358 g/mol. The molecule has 0 aromatic carbocycles. The lowest BCUT2D eigenvalue weighted by molar-refractivity contribution is 0.0302. The molecule has 0 aliphatic carbocycles. The predicted octanol–water partition coefficient (Wildman–Crippen LogP) is 0.834. The number of morpholine rings is 1. The summed E-state index contributed by atoms with van der Waals surface area (Å²) in [5.74, 6) is 0.0409. The molecule has 28 heavy (non-hydrogen) atoms. The third kappa shape index (κ3) is 5.65. The van der Waals surface area contributed by atoms with Crippen LogP contribution in [0.15, 0.2) is 18.5 Å². The van der Waals surface area contributed by atoms with Crippen molar-refractivity contribution in [3.8, 4) is 0 Å². The second-order valence-corrected chi connectivity index (χ2v) is 7.25. The molecule has 3 rings (SSSR count). The molecule has 3 heterocycles. The summed E-state index contributed by atoms with van der Waals surface area (Å²) in [4.78, 5) is 34.8. The molecule has 0 atom stereocenters. The number of piperazine rings is 1. The first-order valence-corrected chi connectivity index (χ1v) is 10.2. The van der Waals surface area contributed by atoms with E-state index in [2.05, 4.69) is 15.2 Å². The molecule has 1 N–H and O–H groups in total. The standard InChI is InChI=1S/C20H31N5O3/c1-2-22-20(27)25-8-6-23(7-9-25)5-3-4-17-14-18(16-21-15-17)19(26)24-10-12-28-13-11-24/h14-16H,2-13H2,1H3,(H,22,27). The van der Waals surface area contributed by atoms with E-state index in [0.29, 0.717) is 38.4 Å². The van der Waals surface area contributed by atoms with Gasteiger partial charge in [0, 0.05) is 58.2 Å². The topological polar surface area (TPSA) is 78.0 Å². The van der Waals surface area contributed by atoms with Crippen molar-refractivity contribution in [1.29, 1.82) is 0 Å².